The van der Waals surface area contributed by atoms with Gasteiger partial charge in [0.15, 0.2) is 0 Å². The van der Waals surface area contributed by atoms with Crippen molar-refractivity contribution in [3.8, 4) is 0 Å². The van der Waals surface area contributed by atoms with E-state index in [0.717, 1.165) is 25.1 Å². The molecule has 0 aliphatic carbocycles. The summed E-state index contributed by atoms with van der Waals surface area (Å²) in [5.41, 5.74) is 6.95. The molecule has 1 fully saturated rings. The van der Waals surface area contributed by atoms with Gasteiger partial charge < -0.3 is 15.2 Å². The van der Waals surface area contributed by atoms with E-state index in [1.807, 2.05) is 18.2 Å². The first-order valence-electron chi connectivity index (χ1n) is 6.78. The topological polar surface area (TPSA) is 64.8 Å². The van der Waals surface area contributed by atoms with Crippen molar-refractivity contribution in [3.63, 3.8) is 0 Å². The van der Waals surface area contributed by atoms with Crippen molar-refractivity contribution < 1.29 is 14.3 Å². The highest BCUT2D eigenvalue weighted by molar-refractivity contribution is 5.92. The summed E-state index contributed by atoms with van der Waals surface area (Å²) in [6.45, 7) is 2.34. The molecule has 1 heterocycles. The van der Waals surface area contributed by atoms with E-state index in [1.54, 1.807) is 20.3 Å². The number of carbonyl (C=O) groups excluding carboxylic acids is 1. The second-order valence-electron chi connectivity index (χ2n) is 5.20. The summed E-state index contributed by atoms with van der Waals surface area (Å²) >= 11 is 0. The molecule has 0 spiro atoms. The van der Waals surface area contributed by atoms with Gasteiger partial charge in [0.25, 0.3) is 0 Å². The highest BCUT2D eigenvalue weighted by Gasteiger charge is 2.31. The molecule has 1 aromatic carbocycles. The lowest BCUT2D eigenvalue weighted by Gasteiger charge is -2.23. The minimum absolute atomic E-state index is 0.245. The van der Waals surface area contributed by atoms with Crippen LogP contribution in [0.15, 0.2) is 24.3 Å². The number of nitrogens with zero attached hydrogens (tertiary/aromatic N) is 1. The maximum Gasteiger partial charge on any atom is 0.248 e. The predicted molar refractivity (Wildman–Crippen MR) is 76.4 cm³/mol. The average Bonchev–Trinajstić information content (AvgIpc) is 2.82. The van der Waals surface area contributed by atoms with Gasteiger partial charge in [0, 0.05) is 38.9 Å². The summed E-state index contributed by atoms with van der Waals surface area (Å²) in [4.78, 5) is 13.6. The molecular formula is C15H22N2O3. The molecule has 2 rings (SSSR count). The Bertz CT molecular complexity index is 464. The highest BCUT2D eigenvalue weighted by atomic mass is 16.5. The summed E-state index contributed by atoms with van der Waals surface area (Å²) in [6.07, 6.45) is 1.22. The Balaban J connectivity index is 2.07. The fourth-order valence-electron chi connectivity index (χ4n) is 2.73. The number of amides is 1. The van der Waals surface area contributed by atoms with Gasteiger partial charge in [0.1, 0.15) is 0 Å². The molecule has 5 nitrogen and oxygen atoms in total. The van der Waals surface area contributed by atoms with Crippen molar-refractivity contribution in [1.82, 2.24) is 4.90 Å². The van der Waals surface area contributed by atoms with Crippen LogP contribution in [0.2, 0.25) is 0 Å². The normalized spacial score (nSPS) is 23.1. The van der Waals surface area contributed by atoms with Gasteiger partial charge in [-0.05, 0) is 24.1 Å². The standard InChI is InChI=1S/C15H22N2O3/c1-19-10-13-7-14(20-2)9-17(13)8-11-4-3-5-12(6-11)15(16)18/h3-6,13-14H,7-10H2,1-2H3,(H2,16,18)/t13-,14-/m0/s1. The molecule has 110 valence electrons. The van der Waals surface area contributed by atoms with E-state index in [4.69, 9.17) is 15.2 Å². The van der Waals surface area contributed by atoms with E-state index in [0.29, 0.717) is 18.2 Å². The monoisotopic (exact) mass is 278 g/mol. The Kier molecular flexibility index (Phi) is 5.11. The fraction of sp³-hybridized carbons (Fsp3) is 0.533. The molecule has 20 heavy (non-hydrogen) atoms. The third-order valence-corrected chi connectivity index (χ3v) is 3.78. The predicted octanol–water partition coefficient (Wildman–Crippen LogP) is 1.02. The van der Waals surface area contributed by atoms with Crippen LogP contribution in [0, 0.1) is 0 Å². The number of benzene rings is 1. The lowest BCUT2D eigenvalue weighted by Crippen LogP contribution is -2.32. The Labute approximate surface area is 119 Å². The maximum atomic E-state index is 11.2. The molecule has 0 saturated carbocycles. The highest BCUT2D eigenvalue weighted by Crippen LogP contribution is 2.22. The van der Waals surface area contributed by atoms with Crippen molar-refractivity contribution in [3.05, 3.63) is 35.4 Å². The zero-order valence-corrected chi connectivity index (χ0v) is 12.0. The molecule has 1 aromatic rings. The number of nitrogens with two attached hydrogens (primary N) is 1. The molecule has 0 radical (unpaired) electrons. The molecule has 1 amide bonds. The van der Waals surface area contributed by atoms with E-state index in [-0.39, 0.29) is 6.10 Å². The summed E-state index contributed by atoms with van der Waals surface area (Å²) in [6, 6.07) is 7.82. The van der Waals surface area contributed by atoms with E-state index < -0.39 is 5.91 Å². The molecule has 0 bridgehead atoms. The lowest BCUT2D eigenvalue weighted by atomic mass is 10.1. The second-order valence-corrected chi connectivity index (χ2v) is 5.20. The Morgan fingerprint density at radius 3 is 2.90 bits per heavy atom. The van der Waals surface area contributed by atoms with Crippen LogP contribution in [-0.4, -0.2) is 50.3 Å². The summed E-state index contributed by atoms with van der Waals surface area (Å²) < 4.78 is 10.7. The van der Waals surface area contributed by atoms with Crippen molar-refractivity contribution in [2.24, 2.45) is 5.73 Å². The Hall–Kier alpha value is -1.43. The van der Waals surface area contributed by atoms with Crippen LogP contribution in [0.4, 0.5) is 0 Å². The van der Waals surface area contributed by atoms with Crippen molar-refractivity contribution in [2.75, 3.05) is 27.4 Å². The van der Waals surface area contributed by atoms with Crippen LogP contribution in [0.1, 0.15) is 22.3 Å². The smallest absolute Gasteiger partial charge is 0.248 e. The number of ether oxygens (including phenoxy) is 2. The molecule has 5 heteroatoms. The van der Waals surface area contributed by atoms with Crippen LogP contribution < -0.4 is 5.73 Å². The van der Waals surface area contributed by atoms with Gasteiger partial charge in [-0.2, -0.15) is 0 Å². The molecule has 2 N–H and O–H groups in total. The van der Waals surface area contributed by atoms with Crippen LogP contribution >= 0.6 is 0 Å². The van der Waals surface area contributed by atoms with Gasteiger partial charge in [-0.1, -0.05) is 12.1 Å². The van der Waals surface area contributed by atoms with E-state index in [9.17, 15) is 4.79 Å². The first-order chi connectivity index (χ1) is 9.63. The zero-order chi connectivity index (χ0) is 14.5. The van der Waals surface area contributed by atoms with Gasteiger partial charge in [-0.25, -0.2) is 0 Å². The number of methoxy groups -OCH3 is 2. The van der Waals surface area contributed by atoms with Crippen LogP contribution in [-0.2, 0) is 16.0 Å². The number of rotatable bonds is 6. The van der Waals surface area contributed by atoms with E-state index in [1.165, 1.54) is 0 Å². The second kappa shape index (κ2) is 6.83. The van der Waals surface area contributed by atoms with Gasteiger partial charge >= 0.3 is 0 Å². The van der Waals surface area contributed by atoms with E-state index in [2.05, 4.69) is 4.90 Å². The van der Waals surface area contributed by atoms with Crippen molar-refractivity contribution in [2.45, 2.75) is 25.1 Å². The summed E-state index contributed by atoms with van der Waals surface area (Å²) in [5.74, 6) is -0.392. The molecule has 1 aliphatic heterocycles. The Morgan fingerprint density at radius 1 is 1.45 bits per heavy atom. The molecule has 1 saturated heterocycles. The number of hydrogen-bond acceptors (Lipinski definition) is 4. The molecule has 0 unspecified atom stereocenters. The minimum atomic E-state index is -0.392. The third kappa shape index (κ3) is 3.56. The maximum absolute atomic E-state index is 11.2. The van der Waals surface area contributed by atoms with Crippen molar-refractivity contribution >= 4 is 5.91 Å². The largest absolute Gasteiger partial charge is 0.383 e. The first-order valence-corrected chi connectivity index (χ1v) is 6.78. The Morgan fingerprint density at radius 2 is 2.25 bits per heavy atom. The van der Waals surface area contributed by atoms with Crippen LogP contribution in [0.5, 0.6) is 0 Å². The number of primary amides is 1. The molecule has 1 aliphatic rings. The average molecular weight is 278 g/mol. The van der Waals surface area contributed by atoms with Crippen molar-refractivity contribution in [1.29, 1.82) is 0 Å². The fourth-order valence-corrected chi connectivity index (χ4v) is 2.73. The number of likely N-dealkylation sites (tertiary alicyclic amines) is 1. The first kappa shape index (κ1) is 15.0. The SMILES string of the molecule is COC[C@@H]1C[C@H](OC)CN1Cc1cccc(C(N)=O)c1. The molecule has 0 aromatic heterocycles. The van der Waals surface area contributed by atoms with Crippen LogP contribution in [0.25, 0.3) is 0 Å². The lowest BCUT2D eigenvalue weighted by molar-refractivity contribution is 0.0998. The number of carbonyl (C=O) groups is 1. The number of hydrogen-bond donors (Lipinski definition) is 1. The third-order valence-electron chi connectivity index (χ3n) is 3.78. The zero-order valence-electron chi connectivity index (χ0n) is 12.0. The molecular weight excluding hydrogens is 256 g/mol. The van der Waals surface area contributed by atoms with Gasteiger partial charge in [-0.3, -0.25) is 9.69 Å². The summed E-state index contributed by atoms with van der Waals surface area (Å²) in [7, 11) is 3.46. The van der Waals surface area contributed by atoms with Gasteiger partial charge in [0.2, 0.25) is 5.91 Å². The van der Waals surface area contributed by atoms with E-state index >= 15 is 0 Å². The quantitative estimate of drug-likeness (QED) is 0.844. The van der Waals surface area contributed by atoms with Crippen LogP contribution in [0.3, 0.4) is 0 Å². The van der Waals surface area contributed by atoms with Gasteiger partial charge in [-0.15, -0.1) is 0 Å². The molecule has 2 atom stereocenters. The summed E-state index contributed by atoms with van der Waals surface area (Å²) in [5, 5.41) is 0. The minimum Gasteiger partial charge on any atom is -0.383 e. The van der Waals surface area contributed by atoms with Gasteiger partial charge in [0.05, 0.1) is 12.7 Å².